The van der Waals surface area contributed by atoms with E-state index < -0.39 is 69.1 Å². The number of carbonyl (C=O) groups excluding carboxylic acids is 3. The van der Waals surface area contributed by atoms with Gasteiger partial charge in [0.05, 0.1) is 5.92 Å². The van der Waals surface area contributed by atoms with Crippen molar-refractivity contribution in [3.8, 4) is 0 Å². The van der Waals surface area contributed by atoms with Gasteiger partial charge in [-0.1, -0.05) is 6.92 Å². The maximum atomic E-state index is 13.2. The first-order valence-corrected chi connectivity index (χ1v) is 24.0. The van der Waals surface area contributed by atoms with Gasteiger partial charge in [0.1, 0.15) is 5.92 Å². The van der Waals surface area contributed by atoms with Crippen molar-refractivity contribution in [2.24, 2.45) is 11.8 Å². The Kier molecular flexibility index (Phi) is 9.98. The summed E-state index contributed by atoms with van der Waals surface area (Å²) >= 11 is 0. The van der Waals surface area contributed by atoms with E-state index in [1.54, 1.807) is 6.92 Å². The molecule has 0 radical (unpaired) electrons. The van der Waals surface area contributed by atoms with Crippen LogP contribution in [0.3, 0.4) is 0 Å². The molecular formula is C19H42O7Si4. The molecule has 0 spiro atoms. The summed E-state index contributed by atoms with van der Waals surface area (Å²) < 4.78 is 23.2. The highest BCUT2D eigenvalue weighted by atomic mass is 28.4. The summed E-state index contributed by atoms with van der Waals surface area (Å²) in [5.41, 5.74) is 0. The summed E-state index contributed by atoms with van der Waals surface area (Å²) in [5.74, 6) is -3.77. The summed E-state index contributed by atoms with van der Waals surface area (Å²) in [5, 5.41) is 0. The van der Waals surface area contributed by atoms with Gasteiger partial charge in [-0.15, -0.1) is 0 Å². The van der Waals surface area contributed by atoms with E-state index in [4.69, 9.17) is 17.7 Å². The van der Waals surface area contributed by atoms with E-state index in [2.05, 4.69) is 0 Å². The average molecular weight is 495 g/mol. The fraction of sp³-hybridized carbons (Fsp3) is 0.842. The van der Waals surface area contributed by atoms with E-state index >= 15 is 0 Å². The zero-order chi connectivity index (χ0) is 24.3. The number of rotatable bonds is 10. The molecule has 0 amide bonds. The molecule has 0 bridgehead atoms. The second kappa shape index (κ2) is 10.2. The van der Waals surface area contributed by atoms with Crippen LogP contribution >= 0.6 is 0 Å². The third-order valence-electron chi connectivity index (χ3n) is 3.44. The molecule has 30 heavy (non-hydrogen) atoms. The first-order valence-electron chi connectivity index (χ1n) is 10.4. The van der Waals surface area contributed by atoms with Gasteiger partial charge in [-0.25, -0.2) is 0 Å². The fourth-order valence-corrected chi connectivity index (χ4v) is 5.76. The predicted octanol–water partition coefficient (Wildman–Crippen LogP) is 4.59. The Bertz CT molecular complexity index is 625. The lowest BCUT2D eigenvalue weighted by atomic mass is 9.89. The van der Waals surface area contributed by atoms with Crippen molar-refractivity contribution < 1.29 is 32.1 Å². The summed E-state index contributed by atoms with van der Waals surface area (Å²) in [6.07, 6.45) is -1.21. The zero-order valence-electron chi connectivity index (χ0n) is 21.1. The molecule has 0 N–H and O–H groups in total. The quantitative estimate of drug-likeness (QED) is 0.410. The van der Waals surface area contributed by atoms with Crippen molar-refractivity contribution in [1.29, 1.82) is 0 Å². The molecule has 0 saturated carbocycles. The molecule has 0 heterocycles. The maximum Gasteiger partial charge on any atom is 0.321 e. The van der Waals surface area contributed by atoms with Gasteiger partial charge in [-0.3, -0.25) is 14.4 Å². The van der Waals surface area contributed by atoms with E-state index in [0.717, 1.165) is 0 Å². The Morgan fingerprint density at radius 1 is 0.533 bits per heavy atom. The molecule has 0 saturated heterocycles. The summed E-state index contributed by atoms with van der Waals surface area (Å²) in [6.45, 7) is 24.3. The lowest BCUT2D eigenvalue weighted by Gasteiger charge is -2.35. The summed E-state index contributed by atoms with van der Waals surface area (Å²) in [4.78, 5) is 39.2. The van der Waals surface area contributed by atoms with Crippen molar-refractivity contribution in [2.75, 3.05) is 0 Å². The van der Waals surface area contributed by atoms with E-state index in [1.807, 2.05) is 78.6 Å². The van der Waals surface area contributed by atoms with Gasteiger partial charge < -0.3 is 17.7 Å². The van der Waals surface area contributed by atoms with Gasteiger partial charge in [0, 0.05) is 0 Å². The molecule has 0 fully saturated rings. The second-order valence-electron chi connectivity index (χ2n) is 11.6. The first kappa shape index (κ1) is 29.2. The Labute approximate surface area is 186 Å². The van der Waals surface area contributed by atoms with Gasteiger partial charge in [-0.2, -0.15) is 0 Å². The Hall–Kier alpha value is -0.762. The van der Waals surface area contributed by atoms with Crippen LogP contribution in [0.5, 0.6) is 0 Å². The second-order valence-corrected chi connectivity index (χ2v) is 29.3. The highest BCUT2D eigenvalue weighted by molar-refractivity contribution is 6.72. The van der Waals surface area contributed by atoms with Crippen LogP contribution in [0.15, 0.2) is 0 Å². The molecule has 11 heteroatoms. The Morgan fingerprint density at radius 2 is 0.867 bits per heavy atom. The largest absolute Gasteiger partial charge is 0.520 e. The smallest absolute Gasteiger partial charge is 0.321 e. The minimum Gasteiger partial charge on any atom is -0.520 e. The normalized spacial score (nSPS) is 16.3. The minimum absolute atomic E-state index is 0.517. The Morgan fingerprint density at radius 3 is 1.20 bits per heavy atom. The van der Waals surface area contributed by atoms with Gasteiger partial charge in [0.2, 0.25) is 25.0 Å². The summed E-state index contributed by atoms with van der Waals surface area (Å²) in [7, 11) is -9.00. The molecule has 3 unspecified atom stereocenters. The van der Waals surface area contributed by atoms with Gasteiger partial charge in [-0.05, 0) is 78.6 Å². The SMILES string of the molecule is CC(C(=O)O[Si](C)(C)C)C(C(=O)O[Si](C)(C)C)C(O[Si](C)(C)C)C(=O)O[Si](C)(C)C. The van der Waals surface area contributed by atoms with Gasteiger partial charge in [0.25, 0.3) is 11.9 Å². The first-order chi connectivity index (χ1) is 13.0. The monoisotopic (exact) mass is 494 g/mol. The van der Waals surface area contributed by atoms with Crippen molar-refractivity contribution in [1.82, 2.24) is 0 Å². The van der Waals surface area contributed by atoms with Crippen LogP contribution in [0, 0.1) is 11.8 Å². The average Bonchev–Trinajstić information content (AvgIpc) is 2.39. The van der Waals surface area contributed by atoms with Crippen LogP contribution in [0.2, 0.25) is 78.6 Å². The van der Waals surface area contributed by atoms with E-state index in [-0.39, 0.29) is 0 Å². The molecule has 0 rings (SSSR count). The third kappa shape index (κ3) is 12.2. The topological polar surface area (TPSA) is 88.1 Å². The van der Waals surface area contributed by atoms with Crippen LogP contribution in [0.4, 0.5) is 0 Å². The van der Waals surface area contributed by atoms with Gasteiger partial charge in [0.15, 0.2) is 14.4 Å². The molecule has 0 aromatic carbocycles. The van der Waals surface area contributed by atoms with Crippen LogP contribution in [0.25, 0.3) is 0 Å². The fourth-order valence-electron chi connectivity index (χ4n) is 2.51. The molecule has 0 aliphatic rings. The molecule has 0 aliphatic carbocycles. The summed E-state index contributed by atoms with van der Waals surface area (Å²) in [6, 6.07) is 0. The lowest BCUT2D eigenvalue weighted by Crippen LogP contribution is -2.52. The minimum atomic E-state index is -2.28. The number of carbonyl (C=O) groups is 3. The van der Waals surface area contributed by atoms with E-state index in [1.165, 1.54) is 0 Å². The van der Waals surface area contributed by atoms with Crippen molar-refractivity contribution in [3.05, 3.63) is 0 Å². The van der Waals surface area contributed by atoms with E-state index in [9.17, 15) is 14.4 Å². The van der Waals surface area contributed by atoms with Crippen LogP contribution in [-0.2, 0) is 32.1 Å². The Balaban J connectivity index is 6.28. The highest BCUT2D eigenvalue weighted by Crippen LogP contribution is 2.28. The third-order valence-corrected chi connectivity index (χ3v) is 6.84. The molecule has 0 aliphatic heterocycles. The zero-order valence-corrected chi connectivity index (χ0v) is 25.1. The van der Waals surface area contributed by atoms with Crippen LogP contribution in [0.1, 0.15) is 6.92 Å². The van der Waals surface area contributed by atoms with Crippen molar-refractivity contribution >= 4 is 51.2 Å². The molecular weight excluding hydrogens is 453 g/mol. The number of hydrogen-bond donors (Lipinski definition) is 0. The van der Waals surface area contributed by atoms with Crippen molar-refractivity contribution in [2.45, 2.75) is 91.6 Å². The van der Waals surface area contributed by atoms with Crippen LogP contribution in [-0.4, -0.2) is 57.3 Å². The van der Waals surface area contributed by atoms with E-state index in [0.29, 0.717) is 0 Å². The lowest BCUT2D eigenvalue weighted by molar-refractivity contribution is -0.162. The molecule has 3 atom stereocenters. The molecule has 176 valence electrons. The molecule has 0 aromatic heterocycles. The predicted molar refractivity (Wildman–Crippen MR) is 129 cm³/mol. The maximum absolute atomic E-state index is 13.2. The highest BCUT2D eigenvalue weighted by Gasteiger charge is 2.47. The van der Waals surface area contributed by atoms with Crippen LogP contribution < -0.4 is 0 Å². The standard InChI is InChI=1S/C19H42O7Si4/c1-14(17(20)24-28(5,6)7)15(18(21)25-29(8,9)10)16(23-27(2,3)4)19(22)26-30(11,12)13/h14-16H,1-13H3. The molecule has 7 nitrogen and oxygen atoms in total. The molecule has 0 aromatic rings. The van der Waals surface area contributed by atoms with Crippen molar-refractivity contribution in [3.63, 3.8) is 0 Å². The van der Waals surface area contributed by atoms with Gasteiger partial charge >= 0.3 is 5.97 Å². The number of hydrogen-bond acceptors (Lipinski definition) is 7.